The van der Waals surface area contributed by atoms with Crippen LogP contribution in [-0.4, -0.2) is 147 Å². The van der Waals surface area contributed by atoms with Gasteiger partial charge in [0.25, 0.3) is 0 Å². The van der Waals surface area contributed by atoms with Crippen LogP contribution in [0.3, 0.4) is 0 Å². The first-order valence-corrected chi connectivity index (χ1v) is 17.4. The minimum atomic E-state index is -2.21. The van der Waals surface area contributed by atoms with Gasteiger partial charge in [0.1, 0.15) is 66.4 Å². The molecule has 6 rings (SSSR count). The van der Waals surface area contributed by atoms with E-state index in [1.165, 1.54) is 24.4 Å². The number of carboxylic acid groups (broad SMARTS) is 1. The number of aromatic nitrogens is 1. The maximum absolute atomic E-state index is 13.3. The maximum Gasteiger partial charge on any atom is 0.340 e. The summed E-state index contributed by atoms with van der Waals surface area (Å²) in [6.45, 7) is 1.52. The van der Waals surface area contributed by atoms with Crippen molar-refractivity contribution in [1.82, 2.24) is 4.98 Å². The Morgan fingerprint density at radius 3 is 2.18 bits per heavy atom. The van der Waals surface area contributed by atoms with Crippen molar-refractivity contribution in [2.24, 2.45) is 0 Å². The number of aliphatic hydroxyl groups excluding tert-OH is 7. The number of benzene rings is 2. The van der Waals surface area contributed by atoms with Crippen LogP contribution in [-0.2, 0) is 43.1 Å². The Morgan fingerprint density at radius 1 is 0.875 bits per heavy atom. The lowest BCUT2D eigenvalue weighted by atomic mass is 9.91. The van der Waals surface area contributed by atoms with Crippen LogP contribution in [0.5, 0.6) is 28.7 Å². The Bertz CT molecular complexity index is 1960. The maximum atomic E-state index is 13.3. The molecular formula is C36H41NO19. The van der Waals surface area contributed by atoms with Gasteiger partial charge in [-0.2, -0.15) is 11.9 Å². The molecule has 0 aliphatic carbocycles. The van der Waals surface area contributed by atoms with Crippen molar-refractivity contribution >= 4 is 17.7 Å². The van der Waals surface area contributed by atoms with Gasteiger partial charge in [-0.3, -0.25) is 4.79 Å². The molecule has 3 aromatic rings. The zero-order valence-electron chi connectivity index (χ0n) is 29.4. The Morgan fingerprint density at radius 2 is 1.54 bits per heavy atom. The van der Waals surface area contributed by atoms with E-state index in [1.807, 2.05) is 6.92 Å². The number of aromatic hydroxyl groups is 3. The second-order valence-corrected chi connectivity index (χ2v) is 13.5. The molecule has 0 bridgehead atoms. The number of phenols is 3. The number of nitrogens with zero attached hydrogens (tertiary/aromatic N) is 1. The van der Waals surface area contributed by atoms with E-state index in [-0.39, 0.29) is 65.4 Å². The summed E-state index contributed by atoms with van der Waals surface area (Å²) < 4.78 is 27.6. The molecule has 0 saturated carbocycles. The average molecular weight is 792 g/mol. The van der Waals surface area contributed by atoms with Crippen molar-refractivity contribution in [3.05, 3.63) is 64.0 Å². The first-order valence-electron chi connectivity index (χ1n) is 17.4. The highest BCUT2D eigenvalue weighted by Crippen LogP contribution is 2.47. The van der Waals surface area contributed by atoms with Gasteiger partial charge in [-0.05, 0) is 24.1 Å². The highest BCUT2D eigenvalue weighted by molar-refractivity contribution is 6.04. The van der Waals surface area contributed by atoms with Crippen molar-refractivity contribution in [2.45, 2.75) is 100 Å². The molecule has 11 atom stereocenters. The fourth-order valence-electron chi connectivity index (χ4n) is 6.71. The van der Waals surface area contributed by atoms with Gasteiger partial charge in [-0.1, -0.05) is 25.0 Å². The third-order valence-corrected chi connectivity index (χ3v) is 9.79. The summed E-state index contributed by atoms with van der Waals surface area (Å²) in [6, 6.07) is 5.60. The minimum Gasteiger partial charge on any atom is -0.667 e. The van der Waals surface area contributed by atoms with E-state index in [2.05, 4.69) is 4.98 Å². The third-order valence-electron chi connectivity index (χ3n) is 9.79. The monoisotopic (exact) mass is 791 g/mol. The molecule has 0 radical (unpaired) electrons. The molecule has 3 aliphatic rings. The number of hydrogen-bond donors (Lipinski definition) is 11. The predicted molar refractivity (Wildman–Crippen MR) is 182 cm³/mol. The Labute approximate surface area is 316 Å². The molecule has 56 heavy (non-hydrogen) atoms. The van der Waals surface area contributed by atoms with Gasteiger partial charge in [0.05, 0.1) is 0 Å². The summed E-state index contributed by atoms with van der Waals surface area (Å²) in [5.74, 6) is -5.68. The second-order valence-electron chi connectivity index (χ2n) is 13.5. The van der Waals surface area contributed by atoms with Crippen molar-refractivity contribution < 1.29 is 94.2 Å². The summed E-state index contributed by atoms with van der Waals surface area (Å²) in [7, 11) is 0. The van der Waals surface area contributed by atoms with Gasteiger partial charge in [0.15, 0.2) is 29.3 Å². The molecule has 11 unspecified atom stereocenters. The van der Waals surface area contributed by atoms with Crippen LogP contribution >= 0.6 is 0 Å². The molecule has 4 heterocycles. The first kappa shape index (κ1) is 40.6. The number of ether oxygens (including phenoxy) is 5. The van der Waals surface area contributed by atoms with E-state index in [0.717, 1.165) is 0 Å². The number of hydrogen-bond acceptors (Lipinski definition) is 17. The summed E-state index contributed by atoms with van der Waals surface area (Å²) in [4.78, 5) is 40.3. The standard InChI is InChI=1S/C36H40NO19/c1-2-15-5-12(11-37-15)6-16-20(10-21-22(24(16)42)17(39)9-19(52-21)14-7-13(3-4-38)23(41)18(40)8-14)53-35-29(47)26(44)28(46)32(55-35)34(51)56-36-30(48)25(43)27(45)31(54-36)33(49)50/h5,7-8,10-11,19,25-32,35-36,38,40-41,43-48H,2-4,6,9H2,1H3,(H,39,42)(H,49,50)/q-1/p+1. The Kier molecular flexibility index (Phi) is 11.8. The zero-order valence-corrected chi connectivity index (χ0v) is 29.4. The van der Waals surface area contributed by atoms with Crippen molar-refractivity contribution in [3.8, 4) is 28.7 Å². The molecule has 304 valence electrons. The number of rotatable bonds is 11. The highest BCUT2D eigenvalue weighted by atomic mass is 16.7. The Balaban J connectivity index is 1.33. The van der Waals surface area contributed by atoms with Gasteiger partial charge in [0, 0.05) is 30.2 Å². The smallest absolute Gasteiger partial charge is 0.340 e. The molecule has 20 heteroatoms. The normalized spacial score (nSPS) is 30.3. The first-order chi connectivity index (χ1) is 26.5. The van der Waals surface area contributed by atoms with Gasteiger partial charge >= 0.3 is 17.7 Å². The fourth-order valence-corrected chi connectivity index (χ4v) is 6.71. The molecule has 20 nitrogen and oxygen atoms in total. The molecular weight excluding hydrogens is 750 g/mol. The number of ketones is 1. The van der Waals surface area contributed by atoms with E-state index < -0.39 is 96.7 Å². The van der Waals surface area contributed by atoms with Crippen molar-refractivity contribution in [1.29, 1.82) is 0 Å². The molecule has 1 aromatic heterocycles. The van der Waals surface area contributed by atoms with Crippen LogP contribution in [0.25, 0.3) is 0 Å². The largest absolute Gasteiger partial charge is 0.667 e. The number of esters is 1. The average Bonchev–Trinajstić information content (AvgIpc) is 3.62. The van der Waals surface area contributed by atoms with Crippen LogP contribution in [0.15, 0.2) is 30.5 Å². The van der Waals surface area contributed by atoms with E-state index >= 15 is 0 Å². The molecule has 2 saturated heterocycles. The van der Waals surface area contributed by atoms with Gasteiger partial charge in [-0.15, -0.1) is 0 Å². The molecule has 12 N–H and O–H groups in total. The van der Waals surface area contributed by atoms with Gasteiger partial charge < -0.3 is 84.8 Å². The molecule has 2 fully saturated rings. The summed E-state index contributed by atoms with van der Waals surface area (Å²) >= 11 is 0. The summed E-state index contributed by atoms with van der Waals surface area (Å²) in [6.07, 6.45) is -20.7. The van der Waals surface area contributed by atoms with Crippen LogP contribution in [0.4, 0.5) is 0 Å². The number of aliphatic hydroxyl groups is 7. The molecule has 2 aromatic carbocycles. The number of aliphatic carboxylic acids is 1. The van der Waals surface area contributed by atoms with Gasteiger partial charge in [0.2, 0.25) is 12.6 Å². The summed E-state index contributed by atoms with van der Waals surface area (Å²) in [5.41, 5.74) is 1.60. The molecule has 3 aliphatic heterocycles. The number of carbonyl (C=O) groups excluding carboxylic acids is 2. The van der Waals surface area contributed by atoms with Crippen LogP contribution in [0, 0.1) is 0 Å². The number of carboxylic acids is 1. The minimum absolute atomic E-state index is 0.0126. The third kappa shape index (κ3) is 7.70. The van der Waals surface area contributed by atoms with Crippen molar-refractivity contribution in [3.63, 3.8) is 0 Å². The second kappa shape index (κ2) is 16.2. The van der Waals surface area contributed by atoms with Crippen LogP contribution < -0.4 is 14.5 Å². The van der Waals surface area contributed by atoms with Crippen LogP contribution in [0.1, 0.15) is 53.0 Å². The van der Waals surface area contributed by atoms with Gasteiger partial charge in [-0.25, -0.2) is 9.59 Å². The molecule has 0 amide bonds. The fraction of sp³-hybridized carbons (Fsp3) is 0.472. The van der Waals surface area contributed by atoms with E-state index in [1.54, 1.807) is 6.07 Å². The van der Waals surface area contributed by atoms with E-state index in [4.69, 9.17) is 23.7 Å². The number of phenolic OH excluding ortho intramolecular Hbond substituents is 3. The highest BCUT2D eigenvalue weighted by Gasteiger charge is 2.53. The van der Waals surface area contributed by atoms with E-state index in [9.17, 15) is 70.6 Å². The predicted octanol–water partition coefficient (Wildman–Crippen LogP) is -2.51. The number of carbonyl (C=O) groups is 2. The number of fused-ring (bicyclic) bond motifs is 1. The number of aryl methyl sites for hydroxylation is 1. The van der Waals surface area contributed by atoms with E-state index in [0.29, 0.717) is 17.7 Å². The lowest BCUT2D eigenvalue weighted by molar-refractivity contribution is -0.302. The quantitative estimate of drug-likeness (QED) is 0.0542. The Hall–Kier alpha value is -5.03. The topological polar surface area (TPSA) is 338 Å². The zero-order chi connectivity index (χ0) is 40.7. The SMILES string of the molecule is CCc1cc(Cc2c(OC3OC(C(=O)OC4OC(C(=O)O)C(O)C(O)C4O)C(O)C(O)C3O)cc3c(c2O)C(=[OH+])CC(c2cc(O)c(O)c(CCO)c2)O3)c[n-]1. The lowest BCUT2D eigenvalue weighted by Gasteiger charge is -2.41. The lowest BCUT2D eigenvalue weighted by Crippen LogP contribution is -2.63. The molecule has 0 spiro atoms. The summed E-state index contributed by atoms with van der Waals surface area (Å²) in [5, 5.41) is 114. The van der Waals surface area contributed by atoms with Crippen LogP contribution in [0.2, 0.25) is 0 Å². The van der Waals surface area contributed by atoms with Crippen molar-refractivity contribution in [2.75, 3.05) is 6.61 Å².